The van der Waals surface area contributed by atoms with Crippen LogP contribution in [-0.4, -0.2) is 34.3 Å². The largest absolute Gasteiger partial charge is 0.339 e. The number of hydrogen-bond donors (Lipinski definition) is 1. The predicted octanol–water partition coefficient (Wildman–Crippen LogP) is 2.77. The fraction of sp³-hybridized carbons (Fsp3) is 0.190. The Kier molecular flexibility index (Phi) is 4.35. The lowest BCUT2D eigenvalue weighted by atomic mass is 10.2. The van der Waals surface area contributed by atoms with Crippen molar-refractivity contribution in [3.8, 4) is 0 Å². The van der Waals surface area contributed by atoms with Crippen LogP contribution in [0.1, 0.15) is 22.5 Å². The van der Waals surface area contributed by atoms with E-state index >= 15 is 0 Å². The Labute approximate surface area is 151 Å². The molecule has 0 aliphatic carbocycles. The smallest absolute Gasteiger partial charge is 0.270 e. The SMILES string of the molecule is O=C(N[C@@H]1CCN(Cc2ccccc2)C1=O)c1ccc2ccccc2n1. The van der Waals surface area contributed by atoms with Gasteiger partial charge < -0.3 is 10.2 Å². The standard InChI is InChI=1S/C21H19N3O2/c25-20(18-11-10-16-8-4-5-9-17(16)22-18)23-19-12-13-24(21(19)26)14-15-6-2-1-3-7-15/h1-11,19H,12-14H2,(H,23,25)/t19-/m1/s1. The minimum Gasteiger partial charge on any atom is -0.339 e. The van der Waals surface area contributed by atoms with Crippen molar-refractivity contribution >= 4 is 22.7 Å². The highest BCUT2D eigenvalue weighted by atomic mass is 16.2. The van der Waals surface area contributed by atoms with Crippen LogP contribution in [0, 0.1) is 0 Å². The van der Waals surface area contributed by atoms with Crippen LogP contribution in [0.4, 0.5) is 0 Å². The summed E-state index contributed by atoms with van der Waals surface area (Å²) in [7, 11) is 0. The first-order valence-electron chi connectivity index (χ1n) is 8.70. The van der Waals surface area contributed by atoms with Crippen molar-refractivity contribution in [2.75, 3.05) is 6.54 Å². The van der Waals surface area contributed by atoms with Gasteiger partial charge >= 0.3 is 0 Å². The van der Waals surface area contributed by atoms with Gasteiger partial charge in [-0.15, -0.1) is 0 Å². The van der Waals surface area contributed by atoms with Crippen LogP contribution in [0.15, 0.2) is 66.7 Å². The number of carbonyl (C=O) groups excluding carboxylic acids is 2. The summed E-state index contributed by atoms with van der Waals surface area (Å²) in [6.45, 7) is 1.21. The fourth-order valence-corrected chi connectivity index (χ4v) is 3.26. The van der Waals surface area contributed by atoms with Gasteiger partial charge in [0.25, 0.3) is 5.91 Å². The molecule has 0 radical (unpaired) electrons. The number of carbonyl (C=O) groups is 2. The van der Waals surface area contributed by atoms with E-state index in [1.165, 1.54) is 0 Å². The maximum Gasteiger partial charge on any atom is 0.270 e. The lowest BCUT2D eigenvalue weighted by Crippen LogP contribution is -2.41. The maximum absolute atomic E-state index is 12.6. The first kappa shape index (κ1) is 16.3. The topological polar surface area (TPSA) is 62.3 Å². The van der Waals surface area contributed by atoms with E-state index in [2.05, 4.69) is 10.3 Å². The number of benzene rings is 2. The first-order chi connectivity index (χ1) is 12.7. The molecule has 1 aliphatic rings. The molecule has 1 fully saturated rings. The number of pyridine rings is 1. The van der Waals surface area contributed by atoms with Crippen molar-refractivity contribution < 1.29 is 9.59 Å². The Balaban J connectivity index is 1.43. The zero-order chi connectivity index (χ0) is 17.9. The van der Waals surface area contributed by atoms with Gasteiger partial charge in [-0.25, -0.2) is 4.98 Å². The number of rotatable bonds is 4. The lowest BCUT2D eigenvalue weighted by Gasteiger charge is -2.17. The summed E-state index contributed by atoms with van der Waals surface area (Å²) >= 11 is 0. The van der Waals surface area contributed by atoms with Crippen LogP contribution < -0.4 is 5.32 Å². The maximum atomic E-state index is 12.6. The zero-order valence-electron chi connectivity index (χ0n) is 14.3. The molecule has 2 heterocycles. The number of fused-ring (bicyclic) bond motifs is 1. The summed E-state index contributed by atoms with van der Waals surface area (Å²) in [5.74, 6) is -0.348. The van der Waals surface area contributed by atoms with Crippen molar-refractivity contribution in [1.29, 1.82) is 0 Å². The summed E-state index contributed by atoms with van der Waals surface area (Å²) < 4.78 is 0. The van der Waals surface area contributed by atoms with Crippen LogP contribution in [0.25, 0.3) is 10.9 Å². The van der Waals surface area contributed by atoms with Crippen molar-refractivity contribution in [3.63, 3.8) is 0 Å². The van der Waals surface area contributed by atoms with Gasteiger partial charge in [0.15, 0.2) is 0 Å². The molecule has 0 saturated carbocycles. The molecule has 2 aromatic carbocycles. The average molecular weight is 345 g/mol. The highest BCUT2D eigenvalue weighted by Crippen LogP contribution is 2.16. The highest BCUT2D eigenvalue weighted by Gasteiger charge is 2.33. The molecule has 5 nitrogen and oxygen atoms in total. The molecule has 1 saturated heterocycles. The third-order valence-corrected chi connectivity index (χ3v) is 4.65. The third kappa shape index (κ3) is 3.28. The van der Waals surface area contributed by atoms with Crippen LogP contribution in [-0.2, 0) is 11.3 Å². The molecule has 26 heavy (non-hydrogen) atoms. The summed E-state index contributed by atoms with van der Waals surface area (Å²) in [6.07, 6.45) is 0.616. The zero-order valence-corrected chi connectivity index (χ0v) is 14.3. The second kappa shape index (κ2) is 6.96. The number of amides is 2. The van der Waals surface area contributed by atoms with E-state index in [9.17, 15) is 9.59 Å². The Morgan fingerprint density at radius 3 is 2.65 bits per heavy atom. The minimum atomic E-state index is -0.487. The summed E-state index contributed by atoms with van der Waals surface area (Å²) in [5, 5.41) is 3.81. The van der Waals surface area contributed by atoms with Crippen LogP contribution >= 0.6 is 0 Å². The number of para-hydroxylation sites is 1. The molecule has 3 aromatic rings. The van der Waals surface area contributed by atoms with Crippen LogP contribution in [0.2, 0.25) is 0 Å². The number of aromatic nitrogens is 1. The van der Waals surface area contributed by atoms with Gasteiger partial charge in [-0.3, -0.25) is 9.59 Å². The summed E-state index contributed by atoms with van der Waals surface area (Å²) in [6, 6.07) is 20.6. The Morgan fingerprint density at radius 1 is 1.04 bits per heavy atom. The summed E-state index contributed by atoms with van der Waals surface area (Å²) in [5.41, 5.74) is 2.19. The molecule has 2 amide bonds. The van der Waals surface area contributed by atoms with Gasteiger partial charge in [0.05, 0.1) is 5.52 Å². The lowest BCUT2D eigenvalue weighted by molar-refractivity contribution is -0.129. The first-order valence-corrected chi connectivity index (χ1v) is 8.70. The molecule has 1 aliphatic heterocycles. The third-order valence-electron chi connectivity index (χ3n) is 4.65. The molecule has 0 unspecified atom stereocenters. The fourth-order valence-electron chi connectivity index (χ4n) is 3.26. The number of hydrogen-bond acceptors (Lipinski definition) is 3. The highest BCUT2D eigenvalue weighted by molar-refractivity contribution is 5.98. The van der Waals surface area contributed by atoms with Crippen molar-refractivity contribution in [2.45, 2.75) is 19.0 Å². The van der Waals surface area contributed by atoms with E-state index < -0.39 is 6.04 Å². The second-order valence-corrected chi connectivity index (χ2v) is 6.45. The number of likely N-dealkylation sites (tertiary alicyclic amines) is 1. The van der Waals surface area contributed by atoms with E-state index in [0.29, 0.717) is 25.2 Å². The Morgan fingerprint density at radius 2 is 1.81 bits per heavy atom. The average Bonchev–Trinajstić information content (AvgIpc) is 3.02. The molecule has 5 heteroatoms. The molecular weight excluding hydrogens is 326 g/mol. The molecular formula is C21H19N3O2. The van der Waals surface area contributed by atoms with Crippen molar-refractivity contribution in [2.24, 2.45) is 0 Å². The van der Waals surface area contributed by atoms with Crippen LogP contribution in [0.3, 0.4) is 0 Å². The normalized spacial score (nSPS) is 16.8. The number of nitrogens with one attached hydrogen (secondary N) is 1. The summed E-state index contributed by atoms with van der Waals surface area (Å²) in [4.78, 5) is 31.3. The number of nitrogens with zero attached hydrogens (tertiary/aromatic N) is 2. The van der Waals surface area contributed by atoms with Crippen molar-refractivity contribution in [1.82, 2.24) is 15.2 Å². The Bertz CT molecular complexity index is 956. The minimum absolute atomic E-state index is 0.0389. The van der Waals surface area contributed by atoms with Gasteiger partial charge in [0, 0.05) is 18.5 Å². The predicted molar refractivity (Wildman–Crippen MR) is 99.5 cm³/mol. The molecule has 4 rings (SSSR count). The van der Waals surface area contributed by atoms with E-state index in [-0.39, 0.29) is 11.8 Å². The molecule has 1 N–H and O–H groups in total. The van der Waals surface area contributed by atoms with Gasteiger partial charge in [-0.1, -0.05) is 54.6 Å². The van der Waals surface area contributed by atoms with E-state index in [1.54, 1.807) is 11.0 Å². The van der Waals surface area contributed by atoms with Gasteiger partial charge in [0.2, 0.25) is 5.91 Å². The van der Waals surface area contributed by atoms with Crippen molar-refractivity contribution in [3.05, 3.63) is 78.0 Å². The van der Waals surface area contributed by atoms with Crippen LogP contribution in [0.5, 0.6) is 0 Å². The van der Waals surface area contributed by atoms with Gasteiger partial charge in [-0.2, -0.15) is 0 Å². The van der Waals surface area contributed by atoms with E-state index in [4.69, 9.17) is 0 Å². The Hall–Kier alpha value is -3.21. The van der Waals surface area contributed by atoms with Gasteiger partial charge in [-0.05, 0) is 24.1 Å². The van der Waals surface area contributed by atoms with Gasteiger partial charge in [0.1, 0.15) is 11.7 Å². The van der Waals surface area contributed by atoms with E-state index in [0.717, 1.165) is 16.5 Å². The second-order valence-electron chi connectivity index (χ2n) is 6.45. The molecule has 130 valence electrons. The quantitative estimate of drug-likeness (QED) is 0.791. The van der Waals surface area contributed by atoms with E-state index in [1.807, 2.05) is 60.7 Å². The molecule has 1 atom stereocenters. The molecule has 1 aromatic heterocycles. The molecule has 0 bridgehead atoms. The monoisotopic (exact) mass is 345 g/mol. The molecule has 0 spiro atoms.